The van der Waals surface area contributed by atoms with E-state index in [9.17, 15) is 9.59 Å². The van der Waals surface area contributed by atoms with Crippen molar-refractivity contribution in [3.8, 4) is 0 Å². The van der Waals surface area contributed by atoms with Crippen LogP contribution in [0.5, 0.6) is 0 Å². The molecule has 0 aliphatic carbocycles. The second kappa shape index (κ2) is 10.0. The summed E-state index contributed by atoms with van der Waals surface area (Å²) in [7, 11) is 1.56. The molecule has 0 saturated carbocycles. The number of para-hydroxylation sites is 1. The van der Waals surface area contributed by atoms with Crippen LogP contribution in [0.1, 0.15) is 20.7 Å². The Labute approximate surface area is 165 Å². The highest BCUT2D eigenvalue weighted by molar-refractivity contribution is 9.10. The summed E-state index contributed by atoms with van der Waals surface area (Å²) in [6.07, 6.45) is 0. The first kappa shape index (κ1) is 20.0. The van der Waals surface area contributed by atoms with Gasteiger partial charge in [-0.2, -0.15) is 0 Å². The van der Waals surface area contributed by atoms with Gasteiger partial charge in [0, 0.05) is 23.7 Å². The van der Waals surface area contributed by atoms with Crippen molar-refractivity contribution in [1.82, 2.24) is 10.6 Å². The second-order valence-electron chi connectivity index (χ2n) is 5.21. The van der Waals surface area contributed by atoms with Crippen LogP contribution in [0.3, 0.4) is 0 Å². The van der Waals surface area contributed by atoms with Crippen LogP contribution in [-0.2, 0) is 4.74 Å². The van der Waals surface area contributed by atoms with Crippen molar-refractivity contribution in [2.45, 2.75) is 0 Å². The second-order valence-corrected chi connectivity index (χ2v) is 6.53. The van der Waals surface area contributed by atoms with E-state index in [2.05, 4.69) is 31.9 Å². The van der Waals surface area contributed by atoms with Gasteiger partial charge < -0.3 is 15.4 Å². The Morgan fingerprint density at radius 1 is 1.08 bits per heavy atom. The molecule has 0 atom stereocenters. The third-order valence-electron chi connectivity index (χ3n) is 3.35. The van der Waals surface area contributed by atoms with Gasteiger partial charge in [-0.05, 0) is 48.6 Å². The maximum atomic E-state index is 12.3. The summed E-state index contributed by atoms with van der Waals surface area (Å²) in [6, 6.07) is 13.8. The first-order valence-electron chi connectivity index (χ1n) is 7.75. The molecule has 8 heteroatoms. The third kappa shape index (κ3) is 5.91. The minimum atomic E-state index is -0.336. The fourth-order valence-corrected chi connectivity index (χ4v) is 2.55. The molecule has 0 unspecified atom stereocenters. The summed E-state index contributed by atoms with van der Waals surface area (Å²) in [5.74, 6) is -0.593. The topological polar surface area (TPSA) is 79.5 Å². The van der Waals surface area contributed by atoms with Crippen molar-refractivity contribution in [2.75, 3.05) is 25.6 Å². The Balaban J connectivity index is 2.01. The Morgan fingerprint density at radius 3 is 2.46 bits per heavy atom. The standard InChI is InChI=1S/C18H18BrN3O3S/c1-25-11-10-20-17(24)14-4-2-3-5-15(14)21-18(26)22-16(23)12-6-8-13(19)9-7-12/h2-9H,10-11H2,1H3,(H,20,24)(H2,21,22,23,26). The zero-order chi connectivity index (χ0) is 18.9. The first-order valence-corrected chi connectivity index (χ1v) is 8.95. The van der Waals surface area contributed by atoms with Crippen molar-refractivity contribution >= 4 is 50.8 Å². The molecule has 3 N–H and O–H groups in total. The van der Waals surface area contributed by atoms with Crippen LogP contribution in [0, 0.1) is 0 Å². The van der Waals surface area contributed by atoms with Gasteiger partial charge in [0.2, 0.25) is 0 Å². The van der Waals surface area contributed by atoms with Gasteiger partial charge in [-0.3, -0.25) is 14.9 Å². The molecule has 2 rings (SSSR count). The van der Waals surface area contributed by atoms with Crippen LogP contribution in [0.2, 0.25) is 0 Å². The number of ether oxygens (including phenoxy) is 1. The number of methoxy groups -OCH3 is 1. The predicted molar refractivity (Wildman–Crippen MR) is 108 cm³/mol. The van der Waals surface area contributed by atoms with Crippen LogP contribution in [0.25, 0.3) is 0 Å². The first-order chi connectivity index (χ1) is 12.5. The molecule has 0 bridgehead atoms. The number of amides is 2. The number of nitrogens with one attached hydrogen (secondary N) is 3. The van der Waals surface area contributed by atoms with E-state index in [0.29, 0.717) is 30.0 Å². The lowest BCUT2D eigenvalue weighted by Gasteiger charge is -2.13. The van der Waals surface area contributed by atoms with Crippen LogP contribution in [0.15, 0.2) is 53.0 Å². The summed E-state index contributed by atoms with van der Waals surface area (Å²) in [5, 5.41) is 8.34. The molecule has 0 radical (unpaired) electrons. The summed E-state index contributed by atoms with van der Waals surface area (Å²) in [6.45, 7) is 0.817. The molecule has 0 heterocycles. The lowest BCUT2D eigenvalue weighted by Crippen LogP contribution is -2.35. The van der Waals surface area contributed by atoms with E-state index in [4.69, 9.17) is 17.0 Å². The normalized spacial score (nSPS) is 10.1. The van der Waals surface area contributed by atoms with Gasteiger partial charge in [-0.25, -0.2) is 0 Å². The third-order valence-corrected chi connectivity index (χ3v) is 4.08. The molecular weight excluding hydrogens is 418 g/mol. The van der Waals surface area contributed by atoms with Crippen LogP contribution >= 0.6 is 28.1 Å². The largest absolute Gasteiger partial charge is 0.383 e. The van der Waals surface area contributed by atoms with E-state index in [1.165, 1.54) is 0 Å². The van der Waals surface area contributed by atoms with Gasteiger partial charge >= 0.3 is 0 Å². The van der Waals surface area contributed by atoms with Crippen LogP contribution in [-0.4, -0.2) is 37.2 Å². The van der Waals surface area contributed by atoms with Gasteiger partial charge in [0.05, 0.1) is 17.9 Å². The highest BCUT2D eigenvalue weighted by Gasteiger charge is 2.13. The number of carbonyl (C=O) groups is 2. The summed E-state index contributed by atoms with van der Waals surface area (Å²) in [5.41, 5.74) is 1.40. The molecule has 2 amide bonds. The van der Waals surface area contributed by atoms with E-state index in [1.54, 1.807) is 55.6 Å². The number of rotatable bonds is 6. The predicted octanol–water partition coefficient (Wildman–Crippen LogP) is 2.95. The van der Waals surface area contributed by atoms with Crippen molar-refractivity contribution in [3.63, 3.8) is 0 Å². The number of benzene rings is 2. The molecule has 2 aromatic carbocycles. The Morgan fingerprint density at radius 2 is 1.77 bits per heavy atom. The Kier molecular flexibility index (Phi) is 7.71. The van der Waals surface area contributed by atoms with E-state index in [-0.39, 0.29) is 16.9 Å². The molecule has 6 nitrogen and oxygen atoms in total. The lowest BCUT2D eigenvalue weighted by molar-refractivity contribution is 0.0937. The highest BCUT2D eigenvalue weighted by Crippen LogP contribution is 2.15. The lowest BCUT2D eigenvalue weighted by atomic mass is 10.1. The number of hydrogen-bond donors (Lipinski definition) is 3. The fourth-order valence-electron chi connectivity index (χ4n) is 2.08. The minimum Gasteiger partial charge on any atom is -0.383 e. The van der Waals surface area contributed by atoms with Gasteiger partial charge in [0.1, 0.15) is 0 Å². The average Bonchev–Trinajstić information content (AvgIpc) is 2.62. The molecule has 26 heavy (non-hydrogen) atoms. The SMILES string of the molecule is COCCNC(=O)c1ccccc1NC(=S)NC(=O)c1ccc(Br)cc1. The van der Waals surface area contributed by atoms with Crippen molar-refractivity contribution in [2.24, 2.45) is 0 Å². The molecule has 0 spiro atoms. The van der Waals surface area contributed by atoms with Crippen molar-refractivity contribution in [1.29, 1.82) is 0 Å². The molecule has 0 aliphatic rings. The number of halogens is 1. The van der Waals surface area contributed by atoms with Gasteiger partial charge in [0.25, 0.3) is 11.8 Å². The van der Waals surface area contributed by atoms with Crippen LogP contribution < -0.4 is 16.0 Å². The summed E-state index contributed by atoms with van der Waals surface area (Å²) >= 11 is 8.50. The fraction of sp³-hybridized carbons (Fsp3) is 0.167. The zero-order valence-electron chi connectivity index (χ0n) is 14.0. The highest BCUT2D eigenvalue weighted by atomic mass is 79.9. The minimum absolute atomic E-state index is 0.107. The molecule has 0 saturated heterocycles. The van der Waals surface area contributed by atoms with Gasteiger partial charge in [-0.1, -0.05) is 28.1 Å². The number of anilines is 1. The zero-order valence-corrected chi connectivity index (χ0v) is 16.4. The smallest absolute Gasteiger partial charge is 0.257 e. The average molecular weight is 436 g/mol. The van der Waals surface area contributed by atoms with Gasteiger partial charge in [0.15, 0.2) is 5.11 Å². The Bertz CT molecular complexity index is 797. The molecule has 0 aliphatic heterocycles. The molecule has 0 aromatic heterocycles. The summed E-state index contributed by atoms with van der Waals surface area (Å²) < 4.78 is 5.79. The maximum Gasteiger partial charge on any atom is 0.257 e. The van der Waals surface area contributed by atoms with Gasteiger partial charge in [-0.15, -0.1) is 0 Å². The molecule has 2 aromatic rings. The number of hydrogen-bond acceptors (Lipinski definition) is 4. The molecular formula is C18H18BrN3O3S. The molecule has 0 fully saturated rings. The van der Waals surface area contributed by atoms with E-state index in [1.807, 2.05) is 0 Å². The monoisotopic (exact) mass is 435 g/mol. The quantitative estimate of drug-likeness (QED) is 0.480. The van der Waals surface area contributed by atoms with Crippen molar-refractivity contribution < 1.29 is 14.3 Å². The molecule has 136 valence electrons. The van der Waals surface area contributed by atoms with E-state index >= 15 is 0 Å². The van der Waals surface area contributed by atoms with Crippen LogP contribution in [0.4, 0.5) is 5.69 Å². The summed E-state index contributed by atoms with van der Waals surface area (Å²) in [4.78, 5) is 24.5. The van der Waals surface area contributed by atoms with E-state index in [0.717, 1.165) is 4.47 Å². The number of carbonyl (C=O) groups excluding carboxylic acids is 2. The maximum absolute atomic E-state index is 12.3. The Hall–Kier alpha value is -2.29. The van der Waals surface area contributed by atoms with Crippen molar-refractivity contribution in [3.05, 3.63) is 64.1 Å². The van der Waals surface area contributed by atoms with E-state index < -0.39 is 0 Å². The number of thiocarbonyl (C=S) groups is 1.